The van der Waals surface area contributed by atoms with Crippen molar-refractivity contribution in [1.82, 2.24) is 15.3 Å². The molecular weight excluding hydrogens is 228 g/mol. The molecule has 5 heteroatoms. The molecule has 5 nitrogen and oxygen atoms in total. The van der Waals surface area contributed by atoms with Crippen molar-refractivity contribution in [2.45, 2.75) is 45.2 Å². The maximum Gasteiger partial charge on any atom is 0.347 e. The molecule has 1 aliphatic heterocycles. The third-order valence-electron chi connectivity index (χ3n) is 4.01. The highest BCUT2D eigenvalue weighted by Gasteiger charge is 2.19. The summed E-state index contributed by atoms with van der Waals surface area (Å²) in [6.45, 7) is 2.49. The second-order valence-corrected chi connectivity index (χ2v) is 5.34. The summed E-state index contributed by atoms with van der Waals surface area (Å²) >= 11 is 0. The first-order valence-corrected chi connectivity index (χ1v) is 6.89. The van der Waals surface area contributed by atoms with Crippen molar-refractivity contribution < 1.29 is 0 Å². The standard InChI is InChI=1S/C13H20N4O/c18-13-16-11-8-14-7-10(11)12(17-13)15-6-9-4-2-1-3-5-9/h9,14H,1-8H2,(H2,15,16,17,18). The first-order valence-electron chi connectivity index (χ1n) is 6.89. The normalized spacial score (nSPS) is 19.8. The van der Waals surface area contributed by atoms with Crippen LogP contribution in [0, 0.1) is 5.92 Å². The highest BCUT2D eigenvalue weighted by atomic mass is 16.1. The van der Waals surface area contributed by atoms with E-state index in [4.69, 9.17) is 0 Å². The lowest BCUT2D eigenvalue weighted by Crippen LogP contribution is -2.22. The van der Waals surface area contributed by atoms with Crippen LogP contribution in [0.3, 0.4) is 0 Å². The van der Waals surface area contributed by atoms with Gasteiger partial charge < -0.3 is 15.6 Å². The van der Waals surface area contributed by atoms with E-state index >= 15 is 0 Å². The largest absolute Gasteiger partial charge is 0.369 e. The lowest BCUT2D eigenvalue weighted by atomic mass is 9.89. The number of anilines is 1. The molecule has 0 aromatic carbocycles. The predicted molar refractivity (Wildman–Crippen MR) is 70.5 cm³/mol. The average molecular weight is 248 g/mol. The maximum absolute atomic E-state index is 11.5. The molecule has 0 saturated heterocycles. The first kappa shape index (κ1) is 11.7. The van der Waals surface area contributed by atoms with E-state index in [1.807, 2.05) is 0 Å². The number of H-pyrrole nitrogens is 1. The number of rotatable bonds is 3. The van der Waals surface area contributed by atoms with Crippen LogP contribution in [0.15, 0.2) is 4.79 Å². The number of nitrogens with one attached hydrogen (secondary N) is 3. The van der Waals surface area contributed by atoms with Gasteiger partial charge in [-0.15, -0.1) is 0 Å². The van der Waals surface area contributed by atoms with Gasteiger partial charge in [-0.05, 0) is 18.8 Å². The minimum absolute atomic E-state index is 0.247. The number of aromatic nitrogens is 2. The van der Waals surface area contributed by atoms with Gasteiger partial charge in [0.2, 0.25) is 0 Å². The third-order valence-corrected chi connectivity index (χ3v) is 4.01. The number of hydrogen-bond donors (Lipinski definition) is 3. The van der Waals surface area contributed by atoms with Crippen molar-refractivity contribution in [3.05, 3.63) is 21.7 Å². The van der Waals surface area contributed by atoms with Gasteiger partial charge in [0, 0.05) is 30.9 Å². The van der Waals surface area contributed by atoms with E-state index in [0.29, 0.717) is 0 Å². The molecule has 98 valence electrons. The fourth-order valence-electron chi connectivity index (χ4n) is 2.98. The highest BCUT2D eigenvalue weighted by Crippen LogP contribution is 2.25. The molecule has 0 unspecified atom stereocenters. The van der Waals surface area contributed by atoms with Crippen molar-refractivity contribution in [2.75, 3.05) is 11.9 Å². The van der Waals surface area contributed by atoms with Crippen molar-refractivity contribution in [3.63, 3.8) is 0 Å². The summed E-state index contributed by atoms with van der Waals surface area (Å²) < 4.78 is 0. The van der Waals surface area contributed by atoms with Crippen LogP contribution in [-0.4, -0.2) is 16.5 Å². The van der Waals surface area contributed by atoms with Gasteiger partial charge in [0.25, 0.3) is 0 Å². The molecule has 1 saturated carbocycles. The van der Waals surface area contributed by atoms with Gasteiger partial charge in [-0.25, -0.2) is 4.79 Å². The Kier molecular flexibility index (Phi) is 3.32. The topological polar surface area (TPSA) is 69.8 Å². The van der Waals surface area contributed by atoms with Crippen LogP contribution in [-0.2, 0) is 13.1 Å². The van der Waals surface area contributed by atoms with Crippen LogP contribution in [0.2, 0.25) is 0 Å². The van der Waals surface area contributed by atoms with E-state index in [0.717, 1.165) is 42.6 Å². The van der Waals surface area contributed by atoms with Gasteiger partial charge in [-0.3, -0.25) is 0 Å². The van der Waals surface area contributed by atoms with E-state index < -0.39 is 0 Å². The zero-order chi connectivity index (χ0) is 12.4. The minimum atomic E-state index is -0.247. The fraction of sp³-hybridized carbons (Fsp3) is 0.692. The molecule has 2 heterocycles. The molecule has 1 aromatic rings. The molecule has 3 N–H and O–H groups in total. The number of aromatic amines is 1. The van der Waals surface area contributed by atoms with E-state index in [1.165, 1.54) is 32.1 Å². The zero-order valence-electron chi connectivity index (χ0n) is 10.6. The lowest BCUT2D eigenvalue weighted by Gasteiger charge is -2.22. The monoisotopic (exact) mass is 248 g/mol. The Labute approximate surface area is 106 Å². The summed E-state index contributed by atoms with van der Waals surface area (Å²) in [7, 11) is 0. The number of hydrogen-bond acceptors (Lipinski definition) is 4. The summed E-state index contributed by atoms with van der Waals surface area (Å²) in [6, 6.07) is 0. The Morgan fingerprint density at radius 1 is 1.22 bits per heavy atom. The molecule has 0 radical (unpaired) electrons. The molecule has 2 aliphatic rings. The van der Waals surface area contributed by atoms with Crippen LogP contribution in [0.5, 0.6) is 0 Å². The maximum atomic E-state index is 11.5. The molecule has 1 fully saturated rings. The van der Waals surface area contributed by atoms with Gasteiger partial charge in [0.05, 0.1) is 0 Å². The summed E-state index contributed by atoms with van der Waals surface area (Å²) in [5.41, 5.74) is 1.87. The van der Waals surface area contributed by atoms with E-state index in [2.05, 4.69) is 20.6 Å². The smallest absolute Gasteiger partial charge is 0.347 e. The summed E-state index contributed by atoms with van der Waals surface area (Å²) in [4.78, 5) is 18.3. The van der Waals surface area contributed by atoms with E-state index in [9.17, 15) is 4.79 Å². The molecule has 0 spiro atoms. The predicted octanol–water partition coefficient (Wildman–Crippen LogP) is 1.37. The van der Waals surface area contributed by atoms with Gasteiger partial charge in [-0.1, -0.05) is 19.3 Å². The summed E-state index contributed by atoms with van der Waals surface area (Å²) in [5.74, 6) is 1.52. The zero-order valence-corrected chi connectivity index (χ0v) is 10.6. The minimum Gasteiger partial charge on any atom is -0.369 e. The Morgan fingerprint density at radius 3 is 2.89 bits per heavy atom. The van der Waals surface area contributed by atoms with Crippen LogP contribution >= 0.6 is 0 Å². The second-order valence-electron chi connectivity index (χ2n) is 5.34. The highest BCUT2D eigenvalue weighted by molar-refractivity contribution is 5.47. The summed E-state index contributed by atoms with van der Waals surface area (Å²) in [6.07, 6.45) is 6.66. The van der Waals surface area contributed by atoms with Gasteiger partial charge in [-0.2, -0.15) is 4.98 Å². The van der Waals surface area contributed by atoms with E-state index in [1.54, 1.807) is 0 Å². The third kappa shape index (κ3) is 2.41. The first-order chi connectivity index (χ1) is 8.83. The molecule has 0 atom stereocenters. The van der Waals surface area contributed by atoms with Crippen molar-refractivity contribution in [3.8, 4) is 0 Å². The van der Waals surface area contributed by atoms with Crippen LogP contribution in [0.4, 0.5) is 5.82 Å². The summed E-state index contributed by atoms with van der Waals surface area (Å²) in [5, 5.41) is 6.63. The molecular formula is C13H20N4O. The van der Waals surface area contributed by atoms with Gasteiger partial charge in [0.1, 0.15) is 5.82 Å². The SMILES string of the molecule is O=c1nc(NCC2CCCCC2)c2c([nH]1)CNC2. The molecule has 1 aromatic heterocycles. The molecule has 0 bridgehead atoms. The lowest BCUT2D eigenvalue weighted by molar-refractivity contribution is 0.373. The number of nitrogens with zero attached hydrogens (tertiary/aromatic N) is 1. The Balaban J connectivity index is 1.70. The van der Waals surface area contributed by atoms with Crippen LogP contribution < -0.4 is 16.3 Å². The van der Waals surface area contributed by atoms with Crippen molar-refractivity contribution >= 4 is 5.82 Å². The molecule has 18 heavy (non-hydrogen) atoms. The van der Waals surface area contributed by atoms with Gasteiger partial charge >= 0.3 is 5.69 Å². The average Bonchev–Trinajstić information content (AvgIpc) is 2.85. The van der Waals surface area contributed by atoms with Crippen molar-refractivity contribution in [1.29, 1.82) is 0 Å². The van der Waals surface area contributed by atoms with Crippen molar-refractivity contribution in [2.24, 2.45) is 5.92 Å². The second kappa shape index (κ2) is 5.10. The molecule has 1 aliphatic carbocycles. The number of fused-ring (bicyclic) bond motifs is 1. The molecule has 3 rings (SSSR count). The van der Waals surface area contributed by atoms with Gasteiger partial charge in [0.15, 0.2) is 0 Å². The molecule has 0 amide bonds. The quantitative estimate of drug-likeness (QED) is 0.755. The van der Waals surface area contributed by atoms with E-state index in [-0.39, 0.29) is 5.69 Å². The van der Waals surface area contributed by atoms with Crippen LogP contribution in [0.1, 0.15) is 43.4 Å². The van der Waals surface area contributed by atoms with Crippen LogP contribution in [0.25, 0.3) is 0 Å². The Morgan fingerprint density at radius 2 is 2.06 bits per heavy atom. The Bertz CT molecular complexity index is 476. The fourth-order valence-corrected chi connectivity index (χ4v) is 2.98. The Hall–Kier alpha value is -1.36.